The van der Waals surface area contributed by atoms with Gasteiger partial charge in [-0.15, -0.1) is 0 Å². The number of rotatable bonds is 7. The molecule has 0 saturated heterocycles. The van der Waals surface area contributed by atoms with E-state index in [-0.39, 0.29) is 12.8 Å². The van der Waals surface area contributed by atoms with Crippen LogP contribution in [0.25, 0.3) is 11.5 Å². The van der Waals surface area contributed by atoms with Crippen molar-refractivity contribution in [2.75, 3.05) is 0 Å². The first-order valence-corrected chi connectivity index (χ1v) is 10.8. The minimum Gasteiger partial charge on any atom is -0.489 e. The van der Waals surface area contributed by atoms with Gasteiger partial charge in [-0.3, -0.25) is 9.78 Å². The molecular formula is C21H19F2N5O2S. The SMILES string of the molecule is O=C(NC1CC(F)(F)C1)c1ccc(Cc2nc(-c3ccc(OC4CC4)cn3)ns2)nc1. The molecule has 0 aromatic carbocycles. The van der Waals surface area contributed by atoms with Gasteiger partial charge >= 0.3 is 0 Å². The number of hydrogen-bond acceptors (Lipinski definition) is 7. The highest BCUT2D eigenvalue weighted by Crippen LogP contribution is 2.37. The minimum atomic E-state index is -2.66. The Balaban J connectivity index is 1.18. The molecule has 1 N–H and O–H groups in total. The Labute approximate surface area is 181 Å². The van der Waals surface area contributed by atoms with E-state index in [1.807, 2.05) is 12.1 Å². The van der Waals surface area contributed by atoms with Crippen LogP contribution in [-0.2, 0) is 6.42 Å². The summed E-state index contributed by atoms with van der Waals surface area (Å²) in [5.41, 5.74) is 1.75. The van der Waals surface area contributed by atoms with Gasteiger partial charge in [0.25, 0.3) is 11.8 Å². The molecule has 5 rings (SSSR count). The quantitative estimate of drug-likeness (QED) is 0.600. The first-order chi connectivity index (χ1) is 14.9. The summed E-state index contributed by atoms with van der Waals surface area (Å²) >= 11 is 1.27. The highest BCUT2D eigenvalue weighted by Gasteiger charge is 2.45. The van der Waals surface area contributed by atoms with E-state index < -0.39 is 17.9 Å². The fourth-order valence-electron chi connectivity index (χ4n) is 3.24. The molecule has 2 fully saturated rings. The number of carbonyl (C=O) groups excluding carboxylic acids is 1. The second-order valence-electron chi connectivity index (χ2n) is 7.86. The van der Waals surface area contributed by atoms with E-state index in [0.29, 0.717) is 29.6 Å². The summed E-state index contributed by atoms with van der Waals surface area (Å²) in [6, 6.07) is 6.60. The first-order valence-electron chi connectivity index (χ1n) is 10.0. The number of amides is 1. The zero-order chi connectivity index (χ0) is 21.4. The highest BCUT2D eigenvalue weighted by molar-refractivity contribution is 7.05. The van der Waals surface area contributed by atoms with Crippen LogP contribution in [0.4, 0.5) is 8.78 Å². The fourth-order valence-corrected chi connectivity index (χ4v) is 3.91. The Kier molecular flexibility index (Phi) is 5.09. The second-order valence-corrected chi connectivity index (χ2v) is 8.69. The van der Waals surface area contributed by atoms with Crippen LogP contribution in [0, 0.1) is 0 Å². The average molecular weight is 443 g/mol. The molecule has 3 aromatic heterocycles. The van der Waals surface area contributed by atoms with E-state index in [1.165, 1.54) is 17.7 Å². The molecule has 0 atom stereocenters. The molecule has 1 amide bonds. The van der Waals surface area contributed by atoms with Gasteiger partial charge < -0.3 is 10.1 Å². The zero-order valence-corrected chi connectivity index (χ0v) is 17.2. The monoisotopic (exact) mass is 443 g/mol. The molecule has 0 aliphatic heterocycles. The maximum atomic E-state index is 12.9. The summed E-state index contributed by atoms with van der Waals surface area (Å²) < 4.78 is 35.8. The maximum Gasteiger partial charge on any atom is 0.253 e. The van der Waals surface area contributed by atoms with Crippen molar-refractivity contribution in [1.82, 2.24) is 24.6 Å². The molecule has 0 bridgehead atoms. The number of halogens is 2. The predicted octanol–water partition coefficient (Wildman–Crippen LogP) is 3.65. The van der Waals surface area contributed by atoms with Gasteiger partial charge in [0, 0.05) is 37.2 Å². The van der Waals surface area contributed by atoms with Gasteiger partial charge in [-0.05, 0) is 48.6 Å². The average Bonchev–Trinajstić information content (AvgIpc) is 3.43. The molecule has 10 heteroatoms. The van der Waals surface area contributed by atoms with Crippen LogP contribution < -0.4 is 10.1 Å². The molecule has 2 aliphatic rings. The number of aromatic nitrogens is 4. The summed E-state index contributed by atoms with van der Waals surface area (Å²) in [7, 11) is 0. The van der Waals surface area contributed by atoms with Crippen LogP contribution in [-0.4, -0.2) is 43.3 Å². The lowest BCUT2D eigenvalue weighted by Gasteiger charge is -2.35. The van der Waals surface area contributed by atoms with Crippen molar-refractivity contribution in [2.24, 2.45) is 0 Å². The van der Waals surface area contributed by atoms with Gasteiger partial charge in [-0.2, -0.15) is 4.37 Å². The molecule has 7 nitrogen and oxygen atoms in total. The van der Waals surface area contributed by atoms with E-state index in [4.69, 9.17) is 4.74 Å². The van der Waals surface area contributed by atoms with Crippen LogP contribution in [0.3, 0.4) is 0 Å². The molecule has 0 spiro atoms. The standard InChI is InChI=1S/C21H19F2N5O2S/c22-21(23)8-14(9-21)26-20(29)12-1-2-13(24-10-12)7-18-27-19(28-31-18)17-6-5-16(11-25-17)30-15-3-4-15/h1-2,5-6,10-11,14-15H,3-4,7-9H2,(H,26,29). The number of nitrogens with one attached hydrogen (secondary N) is 1. The summed E-state index contributed by atoms with van der Waals surface area (Å²) in [6.45, 7) is 0. The minimum absolute atomic E-state index is 0.311. The molecule has 0 radical (unpaired) electrons. The number of ether oxygens (including phenoxy) is 1. The van der Waals surface area contributed by atoms with Crippen molar-refractivity contribution in [1.29, 1.82) is 0 Å². The fraction of sp³-hybridized carbons (Fsp3) is 0.381. The Morgan fingerprint density at radius 1 is 1.16 bits per heavy atom. The maximum absolute atomic E-state index is 12.9. The number of hydrogen-bond donors (Lipinski definition) is 1. The molecule has 2 saturated carbocycles. The van der Waals surface area contributed by atoms with Crippen molar-refractivity contribution >= 4 is 17.4 Å². The largest absolute Gasteiger partial charge is 0.489 e. The number of pyridine rings is 2. The van der Waals surface area contributed by atoms with Crippen molar-refractivity contribution in [2.45, 2.75) is 50.2 Å². The van der Waals surface area contributed by atoms with Crippen molar-refractivity contribution < 1.29 is 18.3 Å². The molecule has 2 aliphatic carbocycles. The van der Waals surface area contributed by atoms with Crippen LogP contribution in [0.5, 0.6) is 5.75 Å². The Morgan fingerprint density at radius 3 is 2.65 bits per heavy atom. The topological polar surface area (TPSA) is 89.9 Å². The lowest BCUT2D eigenvalue weighted by molar-refractivity contribution is -0.0901. The number of alkyl halides is 2. The molecule has 160 valence electrons. The van der Waals surface area contributed by atoms with Crippen molar-refractivity contribution in [3.8, 4) is 17.3 Å². The smallest absolute Gasteiger partial charge is 0.253 e. The third-order valence-corrected chi connectivity index (χ3v) is 5.82. The molecule has 31 heavy (non-hydrogen) atoms. The van der Waals surface area contributed by atoms with Crippen molar-refractivity contribution in [3.63, 3.8) is 0 Å². The highest BCUT2D eigenvalue weighted by atomic mass is 32.1. The predicted molar refractivity (Wildman–Crippen MR) is 109 cm³/mol. The summed E-state index contributed by atoms with van der Waals surface area (Å²) in [5, 5.41) is 3.38. The van der Waals surface area contributed by atoms with Gasteiger partial charge in [0.15, 0.2) is 5.82 Å². The van der Waals surface area contributed by atoms with Crippen LogP contribution in [0.2, 0.25) is 0 Å². The summed E-state index contributed by atoms with van der Waals surface area (Å²) in [4.78, 5) is 25.3. The summed E-state index contributed by atoms with van der Waals surface area (Å²) in [5.74, 6) is -1.76. The second kappa shape index (κ2) is 7.92. The van der Waals surface area contributed by atoms with E-state index >= 15 is 0 Å². The molecule has 0 unspecified atom stereocenters. The normalized spacial score (nSPS) is 17.7. The Bertz CT molecular complexity index is 1080. The zero-order valence-electron chi connectivity index (χ0n) is 16.4. The number of nitrogens with zero attached hydrogens (tertiary/aromatic N) is 4. The van der Waals surface area contributed by atoms with Gasteiger partial charge in [-0.25, -0.2) is 18.7 Å². The van der Waals surface area contributed by atoms with Gasteiger partial charge in [0.2, 0.25) is 0 Å². The van der Waals surface area contributed by atoms with E-state index in [1.54, 1.807) is 18.3 Å². The van der Waals surface area contributed by atoms with Crippen LogP contribution >= 0.6 is 11.5 Å². The van der Waals surface area contributed by atoms with E-state index in [9.17, 15) is 13.6 Å². The van der Waals surface area contributed by atoms with Gasteiger partial charge in [-0.1, -0.05) is 0 Å². The third-order valence-electron chi connectivity index (χ3n) is 5.11. The summed E-state index contributed by atoms with van der Waals surface area (Å²) in [6.07, 6.45) is 5.49. The Hall–Kier alpha value is -3.01. The number of carbonyl (C=O) groups is 1. The van der Waals surface area contributed by atoms with Gasteiger partial charge in [0.1, 0.15) is 16.5 Å². The van der Waals surface area contributed by atoms with Crippen LogP contribution in [0.1, 0.15) is 46.7 Å². The lowest BCUT2D eigenvalue weighted by Crippen LogP contribution is -2.50. The lowest BCUT2D eigenvalue weighted by atomic mass is 9.88. The Morgan fingerprint density at radius 2 is 2.00 bits per heavy atom. The van der Waals surface area contributed by atoms with Crippen molar-refractivity contribution in [3.05, 3.63) is 52.9 Å². The molecular weight excluding hydrogens is 424 g/mol. The van der Waals surface area contributed by atoms with E-state index in [0.717, 1.165) is 29.3 Å². The molecule has 3 aromatic rings. The first kappa shape index (κ1) is 19.9. The van der Waals surface area contributed by atoms with Gasteiger partial charge in [0.05, 0.1) is 17.9 Å². The molecule has 3 heterocycles. The van der Waals surface area contributed by atoms with E-state index in [2.05, 4.69) is 24.6 Å². The van der Waals surface area contributed by atoms with Crippen LogP contribution in [0.15, 0.2) is 36.7 Å². The third kappa shape index (κ3) is 4.84.